The molecule has 0 heterocycles. The minimum absolute atomic E-state index is 0.106. The van der Waals surface area contributed by atoms with Gasteiger partial charge >= 0.3 is 39.5 Å². The largest absolute Gasteiger partial charge is 0.472 e. The van der Waals surface area contributed by atoms with Crippen molar-refractivity contribution in [3.05, 3.63) is 0 Å². The summed E-state index contributed by atoms with van der Waals surface area (Å²) < 4.78 is 67.6. The predicted octanol–water partition coefficient (Wildman–Crippen LogP) is 15.6. The average molecular weight is 1140 g/mol. The van der Waals surface area contributed by atoms with Gasteiger partial charge in [0.15, 0.2) is 12.2 Å². The SMILES string of the molecule is CCCCCCCCCCCCCC(=O)O[C@H](COC(=O)CCCCCCCCC)COP(=O)(O)OC[C@H](O)COP(=O)(O)OC[C@@H](COC(=O)CCCCCCCCCCCC)OC(=O)CCCCCCCCCCC. The number of ether oxygens (including phenoxy) is 4. The molecule has 0 amide bonds. The van der Waals surface area contributed by atoms with Crippen molar-refractivity contribution in [3.8, 4) is 0 Å². The first-order valence-corrected chi connectivity index (χ1v) is 33.8. The predicted molar refractivity (Wildman–Crippen MR) is 303 cm³/mol. The van der Waals surface area contributed by atoms with Crippen LogP contribution >= 0.6 is 15.6 Å². The van der Waals surface area contributed by atoms with Crippen molar-refractivity contribution in [2.75, 3.05) is 39.6 Å². The monoisotopic (exact) mass is 1140 g/mol. The van der Waals surface area contributed by atoms with Gasteiger partial charge in [0, 0.05) is 25.7 Å². The number of rotatable bonds is 59. The van der Waals surface area contributed by atoms with Gasteiger partial charge in [-0.1, -0.05) is 240 Å². The Morgan fingerprint density at radius 3 is 0.766 bits per heavy atom. The zero-order valence-corrected chi connectivity index (χ0v) is 50.7. The Bertz CT molecular complexity index is 1500. The molecule has 0 aliphatic heterocycles. The van der Waals surface area contributed by atoms with E-state index >= 15 is 0 Å². The van der Waals surface area contributed by atoms with Crippen LogP contribution in [0.15, 0.2) is 0 Å². The Morgan fingerprint density at radius 2 is 0.519 bits per heavy atom. The lowest BCUT2D eigenvalue weighted by Gasteiger charge is -2.21. The number of phosphoric acid groups is 2. The van der Waals surface area contributed by atoms with Crippen LogP contribution in [0.1, 0.15) is 291 Å². The number of hydrogen-bond donors (Lipinski definition) is 3. The molecule has 0 aliphatic rings. The molecule has 3 N–H and O–H groups in total. The number of carbonyl (C=O) groups excluding carboxylic acids is 4. The van der Waals surface area contributed by atoms with E-state index in [9.17, 15) is 43.2 Å². The third-order valence-corrected chi connectivity index (χ3v) is 15.3. The van der Waals surface area contributed by atoms with Gasteiger partial charge in [0.05, 0.1) is 26.4 Å². The van der Waals surface area contributed by atoms with Crippen molar-refractivity contribution in [1.29, 1.82) is 0 Å². The summed E-state index contributed by atoms with van der Waals surface area (Å²) in [6, 6.07) is 0. The van der Waals surface area contributed by atoms with E-state index in [1.807, 2.05) is 0 Å². The van der Waals surface area contributed by atoms with Crippen molar-refractivity contribution in [2.24, 2.45) is 0 Å². The lowest BCUT2D eigenvalue weighted by atomic mass is 10.1. The van der Waals surface area contributed by atoms with Crippen molar-refractivity contribution in [2.45, 2.75) is 309 Å². The molecule has 0 bridgehead atoms. The lowest BCUT2D eigenvalue weighted by molar-refractivity contribution is -0.161. The number of unbranched alkanes of at least 4 members (excludes halogenated alkanes) is 33. The number of carbonyl (C=O) groups is 4. The molecule has 0 aliphatic carbocycles. The smallest absolute Gasteiger partial charge is 0.462 e. The molecular formula is C58H112O17P2. The van der Waals surface area contributed by atoms with Crippen LogP contribution in [-0.2, 0) is 65.4 Å². The van der Waals surface area contributed by atoms with E-state index in [-0.39, 0.29) is 25.7 Å². The molecule has 0 fully saturated rings. The molecule has 0 aromatic rings. The topological polar surface area (TPSA) is 237 Å². The van der Waals surface area contributed by atoms with Gasteiger partial charge in [-0.3, -0.25) is 37.3 Å². The van der Waals surface area contributed by atoms with E-state index in [0.717, 1.165) is 103 Å². The van der Waals surface area contributed by atoms with Gasteiger partial charge in [0.25, 0.3) is 0 Å². The van der Waals surface area contributed by atoms with Crippen molar-refractivity contribution < 1.29 is 80.2 Å². The lowest BCUT2D eigenvalue weighted by Crippen LogP contribution is -2.30. The molecule has 17 nitrogen and oxygen atoms in total. The van der Waals surface area contributed by atoms with Crippen LogP contribution in [0.3, 0.4) is 0 Å². The van der Waals surface area contributed by atoms with E-state index in [2.05, 4.69) is 27.7 Å². The highest BCUT2D eigenvalue weighted by Gasteiger charge is 2.30. The fourth-order valence-electron chi connectivity index (χ4n) is 8.57. The number of hydrogen-bond acceptors (Lipinski definition) is 15. The summed E-state index contributed by atoms with van der Waals surface area (Å²) in [5.74, 6) is -2.15. The van der Waals surface area contributed by atoms with Crippen LogP contribution < -0.4 is 0 Å². The zero-order chi connectivity index (χ0) is 56.9. The van der Waals surface area contributed by atoms with E-state index in [0.29, 0.717) is 25.7 Å². The van der Waals surface area contributed by atoms with Gasteiger partial charge < -0.3 is 33.8 Å². The minimum Gasteiger partial charge on any atom is -0.462 e. The maximum atomic E-state index is 12.9. The Morgan fingerprint density at radius 1 is 0.312 bits per heavy atom. The molecule has 0 aromatic heterocycles. The van der Waals surface area contributed by atoms with Crippen molar-refractivity contribution in [1.82, 2.24) is 0 Å². The van der Waals surface area contributed by atoms with Gasteiger partial charge in [0.1, 0.15) is 19.3 Å². The molecular weight excluding hydrogens is 1030 g/mol. The molecule has 19 heteroatoms. The van der Waals surface area contributed by atoms with Crippen molar-refractivity contribution in [3.63, 3.8) is 0 Å². The maximum Gasteiger partial charge on any atom is 0.472 e. The first kappa shape index (κ1) is 75.1. The van der Waals surface area contributed by atoms with Crippen LogP contribution in [0.5, 0.6) is 0 Å². The Kier molecular flexibility index (Phi) is 52.0. The molecule has 2 unspecified atom stereocenters. The fourth-order valence-corrected chi connectivity index (χ4v) is 10.2. The third-order valence-electron chi connectivity index (χ3n) is 13.4. The Balaban J connectivity index is 5.20. The highest BCUT2D eigenvalue weighted by molar-refractivity contribution is 7.47. The third kappa shape index (κ3) is 53.2. The summed E-state index contributed by atoms with van der Waals surface area (Å²) in [5.41, 5.74) is 0. The first-order valence-electron chi connectivity index (χ1n) is 30.8. The summed E-state index contributed by atoms with van der Waals surface area (Å²) >= 11 is 0. The quantitative estimate of drug-likeness (QED) is 0.0222. The van der Waals surface area contributed by atoms with E-state index < -0.39 is 97.5 Å². The van der Waals surface area contributed by atoms with Gasteiger partial charge in [0.2, 0.25) is 0 Å². The highest BCUT2D eigenvalue weighted by atomic mass is 31.2. The number of esters is 4. The number of aliphatic hydroxyl groups excluding tert-OH is 1. The van der Waals surface area contributed by atoms with E-state index in [1.54, 1.807) is 0 Å². The highest BCUT2D eigenvalue weighted by Crippen LogP contribution is 2.45. The van der Waals surface area contributed by atoms with Crippen LogP contribution in [0.4, 0.5) is 0 Å². The molecule has 456 valence electrons. The number of aliphatic hydroxyl groups is 1. The summed E-state index contributed by atoms with van der Waals surface area (Å²) in [6.07, 6.45) is 36.2. The average Bonchev–Trinajstić information content (AvgIpc) is 3.40. The minimum atomic E-state index is -4.93. The summed E-state index contributed by atoms with van der Waals surface area (Å²) in [6.45, 7) is 4.78. The molecule has 77 heavy (non-hydrogen) atoms. The van der Waals surface area contributed by atoms with Crippen LogP contribution in [-0.4, -0.2) is 96.7 Å². The van der Waals surface area contributed by atoms with Gasteiger partial charge in [-0.2, -0.15) is 0 Å². The normalized spacial score (nSPS) is 14.3. The standard InChI is InChI=1S/C58H112O17P2/c1-5-9-13-17-21-24-26-29-33-37-41-45-58(63)75-53(48-68-55(60)42-38-34-30-20-16-12-8-4)50-72-76(64,65)70-46-52(59)47-71-77(66,67)73-51-54(74-57(62)44-40-36-32-27-23-19-15-11-7-3)49-69-56(61)43-39-35-31-28-25-22-18-14-10-6-2/h52-54,59H,5-51H2,1-4H3,(H,64,65)(H,66,67)/t52-,53+,54+/m0/s1. The second-order valence-corrected chi connectivity index (χ2v) is 23.9. The molecule has 5 atom stereocenters. The summed E-state index contributed by atoms with van der Waals surface area (Å²) in [5, 5.41) is 10.5. The molecule has 0 radical (unpaired) electrons. The Labute approximate surface area is 467 Å². The second kappa shape index (κ2) is 53.4. The van der Waals surface area contributed by atoms with E-state index in [1.165, 1.54) is 109 Å². The van der Waals surface area contributed by atoms with Gasteiger partial charge in [-0.15, -0.1) is 0 Å². The van der Waals surface area contributed by atoms with Crippen molar-refractivity contribution >= 4 is 39.5 Å². The molecule has 0 saturated heterocycles. The molecule has 0 spiro atoms. The first-order chi connectivity index (χ1) is 37.2. The zero-order valence-electron chi connectivity index (χ0n) is 48.9. The molecule has 0 rings (SSSR count). The maximum absolute atomic E-state index is 12.9. The summed E-state index contributed by atoms with van der Waals surface area (Å²) in [7, 11) is -9.86. The summed E-state index contributed by atoms with van der Waals surface area (Å²) in [4.78, 5) is 71.7. The molecule has 0 aromatic carbocycles. The van der Waals surface area contributed by atoms with Gasteiger partial charge in [-0.05, 0) is 25.7 Å². The van der Waals surface area contributed by atoms with Crippen LogP contribution in [0, 0.1) is 0 Å². The van der Waals surface area contributed by atoms with Crippen LogP contribution in [0.2, 0.25) is 0 Å². The van der Waals surface area contributed by atoms with E-state index in [4.69, 9.17) is 37.0 Å². The van der Waals surface area contributed by atoms with Gasteiger partial charge in [-0.25, -0.2) is 9.13 Å². The fraction of sp³-hybridized carbons (Fsp3) is 0.931. The number of phosphoric ester groups is 2. The molecule has 0 saturated carbocycles. The Hall–Kier alpha value is -1.94. The second-order valence-electron chi connectivity index (χ2n) is 21.0. The van der Waals surface area contributed by atoms with Crippen LogP contribution in [0.25, 0.3) is 0 Å².